The number of hydrogen-bond donors (Lipinski definition) is 1. The fraction of sp³-hybridized carbons (Fsp3) is 0.583. The molecule has 19 heavy (non-hydrogen) atoms. The molecule has 1 aromatic rings. The van der Waals surface area contributed by atoms with E-state index in [2.05, 4.69) is 5.10 Å². The smallest absolute Gasteiger partial charge is 0.308 e. The van der Waals surface area contributed by atoms with Crippen LogP contribution < -0.4 is 4.74 Å². The van der Waals surface area contributed by atoms with Crippen molar-refractivity contribution in [2.75, 3.05) is 20.2 Å². The van der Waals surface area contributed by atoms with Crippen LogP contribution in [0, 0.1) is 11.8 Å². The molecule has 1 aliphatic heterocycles. The van der Waals surface area contributed by atoms with Crippen molar-refractivity contribution >= 4 is 11.9 Å². The summed E-state index contributed by atoms with van der Waals surface area (Å²) in [5, 5.41) is 13.1. The number of carboxylic acid groups (broad SMARTS) is 1. The van der Waals surface area contributed by atoms with Crippen molar-refractivity contribution in [3.8, 4) is 5.88 Å². The van der Waals surface area contributed by atoms with Crippen molar-refractivity contribution in [1.82, 2.24) is 14.7 Å². The number of amides is 1. The Morgan fingerprint density at radius 3 is 2.63 bits per heavy atom. The van der Waals surface area contributed by atoms with E-state index >= 15 is 0 Å². The first-order valence-corrected chi connectivity index (χ1v) is 6.04. The van der Waals surface area contributed by atoms with Gasteiger partial charge in [0.05, 0.1) is 13.0 Å². The molecule has 0 aromatic carbocycles. The third kappa shape index (κ3) is 2.40. The SMILES string of the molecule is COc1cc(C(=O)N2CC(C)C(C(=O)O)C2)nn1C. The molecule has 1 saturated heterocycles. The van der Waals surface area contributed by atoms with Crippen LogP contribution in [0.2, 0.25) is 0 Å². The molecule has 0 spiro atoms. The van der Waals surface area contributed by atoms with Gasteiger partial charge in [-0.1, -0.05) is 6.92 Å². The number of rotatable bonds is 3. The van der Waals surface area contributed by atoms with Crippen LogP contribution in [0.25, 0.3) is 0 Å². The third-order valence-electron chi connectivity index (χ3n) is 3.48. The maximum Gasteiger partial charge on any atom is 0.308 e. The van der Waals surface area contributed by atoms with Crippen LogP contribution in [0.4, 0.5) is 0 Å². The maximum absolute atomic E-state index is 12.2. The van der Waals surface area contributed by atoms with Crippen molar-refractivity contribution in [3.05, 3.63) is 11.8 Å². The van der Waals surface area contributed by atoms with Gasteiger partial charge in [0.2, 0.25) is 5.88 Å². The normalized spacial score (nSPS) is 22.6. The number of aliphatic carboxylic acids is 1. The molecule has 1 amide bonds. The molecule has 0 saturated carbocycles. The lowest BCUT2D eigenvalue weighted by Crippen LogP contribution is -2.30. The molecule has 1 N–H and O–H groups in total. The Morgan fingerprint density at radius 2 is 2.16 bits per heavy atom. The highest BCUT2D eigenvalue weighted by Gasteiger charge is 2.37. The number of carbonyl (C=O) groups excluding carboxylic acids is 1. The lowest BCUT2D eigenvalue weighted by Gasteiger charge is -2.13. The summed E-state index contributed by atoms with van der Waals surface area (Å²) < 4.78 is 6.53. The van der Waals surface area contributed by atoms with E-state index in [9.17, 15) is 9.59 Å². The van der Waals surface area contributed by atoms with Crippen molar-refractivity contribution < 1.29 is 19.4 Å². The molecule has 0 bridgehead atoms. The van der Waals surface area contributed by atoms with Crippen LogP contribution in [-0.4, -0.2) is 51.9 Å². The Labute approximate surface area is 110 Å². The van der Waals surface area contributed by atoms with E-state index in [1.165, 1.54) is 16.7 Å². The second kappa shape index (κ2) is 4.91. The largest absolute Gasteiger partial charge is 0.481 e. The van der Waals surface area contributed by atoms with E-state index in [0.717, 1.165) is 0 Å². The van der Waals surface area contributed by atoms with Crippen LogP contribution in [0.5, 0.6) is 5.88 Å². The van der Waals surface area contributed by atoms with Crippen LogP contribution in [0.1, 0.15) is 17.4 Å². The number of carbonyl (C=O) groups is 2. The summed E-state index contributed by atoms with van der Waals surface area (Å²) in [6.45, 7) is 2.51. The second-order valence-electron chi connectivity index (χ2n) is 4.83. The number of methoxy groups -OCH3 is 1. The molecule has 2 rings (SSSR count). The Kier molecular flexibility index (Phi) is 3.46. The quantitative estimate of drug-likeness (QED) is 0.847. The summed E-state index contributed by atoms with van der Waals surface area (Å²) in [6, 6.07) is 1.56. The van der Waals surface area contributed by atoms with Crippen LogP contribution in [-0.2, 0) is 11.8 Å². The average molecular weight is 267 g/mol. The number of hydrogen-bond acceptors (Lipinski definition) is 4. The van der Waals surface area contributed by atoms with E-state index in [1.807, 2.05) is 6.92 Å². The minimum atomic E-state index is -0.860. The molecule has 7 heteroatoms. The average Bonchev–Trinajstić information content (AvgIpc) is 2.91. The molecule has 1 fully saturated rings. The zero-order valence-corrected chi connectivity index (χ0v) is 11.2. The minimum Gasteiger partial charge on any atom is -0.481 e. The first-order valence-electron chi connectivity index (χ1n) is 6.04. The summed E-state index contributed by atoms with van der Waals surface area (Å²) >= 11 is 0. The molecular formula is C12H17N3O4. The van der Waals surface area contributed by atoms with Gasteiger partial charge in [0, 0.05) is 26.2 Å². The molecule has 1 aromatic heterocycles. The predicted molar refractivity (Wildman–Crippen MR) is 66.0 cm³/mol. The Bertz CT molecular complexity index is 511. The molecule has 2 unspecified atom stereocenters. The zero-order valence-electron chi connectivity index (χ0n) is 11.2. The van der Waals surface area contributed by atoms with Gasteiger partial charge in [-0.15, -0.1) is 0 Å². The summed E-state index contributed by atoms with van der Waals surface area (Å²) in [4.78, 5) is 24.8. The van der Waals surface area contributed by atoms with Crippen molar-refractivity contribution in [1.29, 1.82) is 0 Å². The van der Waals surface area contributed by atoms with Gasteiger partial charge in [0.25, 0.3) is 5.91 Å². The van der Waals surface area contributed by atoms with Gasteiger partial charge in [-0.25, -0.2) is 4.68 Å². The molecule has 104 valence electrons. The van der Waals surface area contributed by atoms with Gasteiger partial charge in [0.15, 0.2) is 5.69 Å². The molecule has 0 radical (unpaired) electrons. The van der Waals surface area contributed by atoms with E-state index in [0.29, 0.717) is 12.4 Å². The van der Waals surface area contributed by atoms with Crippen molar-refractivity contribution in [2.45, 2.75) is 6.92 Å². The van der Waals surface area contributed by atoms with Crippen molar-refractivity contribution in [2.24, 2.45) is 18.9 Å². The Balaban J connectivity index is 2.14. The number of carboxylic acids is 1. The monoisotopic (exact) mass is 267 g/mol. The van der Waals surface area contributed by atoms with E-state index in [-0.39, 0.29) is 24.1 Å². The fourth-order valence-corrected chi connectivity index (χ4v) is 2.36. The molecular weight excluding hydrogens is 250 g/mol. The molecule has 7 nitrogen and oxygen atoms in total. The standard InChI is InChI=1S/C12H17N3O4/c1-7-5-15(6-8(7)12(17)18)11(16)9-4-10(19-3)14(2)13-9/h4,7-8H,5-6H2,1-3H3,(H,17,18). The molecule has 2 heterocycles. The van der Waals surface area contributed by atoms with Gasteiger partial charge in [-0.2, -0.15) is 5.10 Å². The minimum absolute atomic E-state index is 0.0490. The van der Waals surface area contributed by atoms with E-state index in [1.54, 1.807) is 13.1 Å². The van der Waals surface area contributed by atoms with Crippen LogP contribution >= 0.6 is 0 Å². The topological polar surface area (TPSA) is 84.7 Å². The summed E-state index contributed by atoms with van der Waals surface area (Å²) in [5.41, 5.74) is 0.276. The highest BCUT2D eigenvalue weighted by molar-refractivity contribution is 5.93. The van der Waals surface area contributed by atoms with Crippen molar-refractivity contribution in [3.63, 3.8) is 0 Å². The van der Waals surface area contributed by atoms with Gasteiger partial charge < -0.3 is 14.7 Å². The number of aromatic nitrogens is 2. The fourth-order valence-electron chi connectivity index (χ4n) is 2.36. The summed E-state index contributed by atoms with van der Waals surface area (Å²) in [7, 11) is 3.19. The van der Waals surface area contributed by atoms with E-state index in [4.69, 9.17) is 9.84 Å². The maximum atomic E-state index is 12.2. The van der Waals surface area contributed by atoms with Gasteiger partial charge >= 0.3 is 5.97 Å². The van der Waals surface area contributed by atoms with Crippen LogP contribution in [0.15, 0.2) is 6.07 Å². The number of nitrogens with zero attached hydrogens (tertiary/aromatic N) is 3. The van der Waals surface area contributed by atoms with Gasteiger partial charge in [-0.05, 0) is 5.92 Å². The summed E-state index contributed by atoms with van der Waals surface area (Å²) in [6.07, 6.45) is 0. The van der Waals surface area contributed by atoms with E-state index < -0.39 is 11.9 Å². The molecule has 1 aliphatic rings. The molecule has 0 aliphatic carbocycles. The number of aryl methyl sites for hydroxylation is 1. The molecule has 2 atom stereocenters. The third-order valence-corrected chi connectivity index (χ3v) is 3.48. The number of ether oxygens (including phenoxy) is 1. The highest BCUT2D eigenvalue weighted by Crippen LogP contribution is 2.25. The Hall–Kier alpha value is -2.05. The highest BCUT2D eigenvalue weighted by atomic mass is 16.5. The lowest BCUT2D eigenvalue weighted by atomic mass is 9.99. The first kappa shape index (κ1) is 13.4. The van der Waals surface area contributed by atoms with Crippen LogP contribution in [0.3, 0.4) is 0 Å². The lowest BCUT2D eigenvalue weighted by molar-refractivity contribution is -0.142. The van der Waals surface area contributed by atoms with Gasteiger partial charge in [0.1, 0.15) is 0 Å². The number of likely N-dealkylation sites (tertiary alicyclic amines) is 1. The van der Waals surface area contributed by atoms with Gasteiger partial charge in [-0.3, -0.25) is 9.59 Å². The first-order chi connectivity index (χ1) is 8.93. The second-order valence-corrected chi connectivity index (χ2v) is 4.83. The Morgan fingerprint density at radius 1 is 1.47 bits per heavy atom. The predicted octanol–water partition coefficient (Wildman–Crippen LogP) is 0.221. The summed E-state index contributed by atoms with van der Waals surface area (Å²) in [5.74, 6) is -1.18. The zero-order chi connectivity index (χ0) is 14.2.